The molecule has 2 aromatic heterocycles. The number of pyridine rings is 1. The Labute approximate surface area is 150 Å². The average molecular weight is 349 g/mol. The van der Waals surface area contributed by atoms with E-state index in [0.717, 1.165) is 23.9 Å². The van der Waals surface area contributed by atoms with Crippen molar-refractivity contribution in [2.24, 2.45) is 5.92 Å². The van der Waals surface area contributed by atoms with Crippen molar-refractivity contribution in [3.05, 3.63) is 54.4 Å². The van der Waals surface area contributed by atoms with Crippen LogP contribution in [0.15, 0.2) is 48.8 Å². The summed E-state index contributed by atoms with van der Waals surface area (Å²) in [5, 5.41) is 2.85. The molecule has 0 bridgehead atoms. The van der Waals surface area contributed by atoms with E-state index >= 15 is 0 Å². The predicted octanol–water partition coefficient (Wildman–Crippen LogP) is 2.45. The number of para-hydroxylation sites is 2. The van der Waals surface area contributed by atoms with Crippen molar-refractivity contribution < 1.29 is 9.59 Å². The Balaban J connectivity index is 1.43. The van der Waals surface area contributed by atoms with Gasteiger partial charge in [0.15, 0.2) is 0 Å². The van der Waals surface area contributed by atoms with Crippen LogP contribution >= 0.6 is 0 Å². The number of amides is 2. The van der Waals surface area contributed by atoms with E-state index in [-0.39, 0.29) is 17.7 Å². The summed E-state index contributed by atoms with van der Waals surface area (Å²) in [5.74, 6) is 0.0152. The number of imidazole rings is 1. The molecule has 2 amide bonds. The highest BCUT2D eigenvalue weighted by atomic mass is 16.2. The Hall–Kier alpha value is -3.22. The van der Waals surface area contributed by atoms with Gasteiger partial charge >= 0.3 is 0 Å². The normalized spacial score (nSPS) is 17.2. The van der Waals surface area contributed by atoms with Crippen LogP contribution in [0.1, 0.15) is 23.2 Å². The Morgan fingerprint density at radius 1 is 1.15 bits per heavy atom. The highest BCUT2D eigenvalue weighted by Gasteiger charge is 2.29. The fourth-order valence-electron chi connectivity index (χ4n) is 3.28. The fraction of sp³-hybridized carbons (Fsp3) is 0.263. The molecule has 1 atom stereocenters. The van der Waals surface area contributed by atoms with Gasteiger partial charge in [-0.2, -0.15) is 0 Å². The van der Waals surface area contributed by atoms with Crippen LogP contribution in [0.2, 0.25) is 0 Å². The number of fused-ring (bicyclic) bond motifs is 1. The van der Waals surface area contributed by atoms with Gasteiger partial charge in [-0.3, -0.25) is 19.9 Å². The van der Waals surface area contributed by atoms with Crippen LogP contribution in [0.25, 0.3) is 11.0 Å². The number of carbonyl (C=O) groups excluding carboxylic acids is 2. The number of carbonyl (C=O) groups is 2. The van der Waals surface area contributed by atoms with Crippen LogP contribution in [0.3, 0.4) is 0 Å². The third-order valence-electron chi connectivity index (χ3n) is 4.64. The molecule has 132 valence electrons. The molecule has 7 nitrogen and oxygen atoms in total. The zero-order valence-electron chi connectivity index (χ0n) is 14.2. The van der Waals surface area contributed by atoms with E-state index in [9.17, 15) is 9.59 Å². The lowest BCUT2D eigenvalue weighted by Crippen LogP contribution is -2.43. The van der Waals surface area contributed by atoms with Gasteiger partial charge in [-0.1, -0.05) is 12.1 Å². The monoisotopic (exact) mass is 349 g/mol. The van der Waals surface area contributed by atoms with Gasteiger partial charge in [0.2, 0.25) is 11.9 Å². The highest BCUT2D eigenvalue weighted by molar-refractivity contribution is 5.96. The van der Waals surface area contributed by atoms with Crippen molar-refractivity contribution in [2.75, 3.05) is 18.4 Å². The molecule has 3 aromatic rings. The quantitative estimate of drug-likeness (QED) is 0.760. The predicted molar refractivity (Wildman–Crippen MR) is 97.6 cm³/mol. The van der Waals surface area contributed by atoms with Gasteiger partial charge in [0.1, 0.15) is 0 Å². The summed E-state index contributed by atoms with van der Waals surface area (Å²) < 4.78 is 0. The van der Waals surface area contributed by atoms with Crippen molar-refractivity contribution in [1.29, 1.82) is 0 Å². The second-order valence-electron chi connectivity index (χ2n) is 6.42. The zero-order chi connectivity index (χ0) is 17.9. The van der Waals surface area contributed by atoms with Crippen molar-refractivity contribution in [1.82, 2.24) is 19.9 Å². The second kappa shape index (κ2) is 6.95. The maximum absolute atomic E-state index is 12.6. The minimum atomic E-state index is -0.247. The summed E-state index contributed by atoms with van der Waals surface area (Å²) in [5.41, 5.74) is 2.28. The largest absolute Gasteiger partial charge is 0.338 e. The molecule has 0 saturated carbocycles. The van der Waals surface area contributed by atoms with Crippen LogP contribution in [0.5, 0.6) is 0 Å². The third-order valence-corrected chi connectivity index (χ3v) is 4.64. The molecule has 1 aromatic carbocycles. The molecule has 2 N–H and O–H groups in total. The van der Waals surface area contributed by atoms with Crippen molar-refractivity contribution >= 4 is 28.8 Å². The first-order valence-corrected chi connectivity index (χ1v) is 8.65. The number of hydrogen-bond donors (Lipinski definition) is 2. The maximum atomic E-state index is 12.6. The van der Waals surface area contributed by atoms with Gasteiger partial charge in [0, 0.05) is 31.0 Å². The molecule has 7 heteroatoms. The first-order valence-electron chi connectivity index (χ1n) is 8.65. The van der Waals surface area contributed by atoms with Crippen molar-refractivity contribution in [2.45, 2.75) is 12.8 Å². The molecule has 1 aliphatic rings. The van der Waals surface area contributed by atoms with Crippen molar-refractivity contribution in [3.63, 3.8) is 0 Å². The van der Waals surface area contributed by atoms with Crippen LogP contribution in [0.4, 0.5) is 5.95 Å². The summed E-state index contributed by atoms with van der Waals surface area (Å²) in [6.07, 6.45) is 4.76. The summed E-state index contributed by atoms with van der Waals surface area (Å²) in [6.45, 7) is 1.07. The Kier molecular flexibility index (Phi) is 4.35. The van der Waals surface area contributed by atoms with Crippen LogP contribution in [-0.4, -0.2) is 44.8 Å². The number of nitrogens with one attached hydrogen (secondary N) is 2. The highest BCUT2D eigenvalue weighted by Crippen LogP contribution is 2.21. The molecule has 0 radical (unpaired) electrons. The lowest BCUT2D eigenvalue weighted by atomic mass is 9.96. The van der Waals surface area contributed by atoms with Gasteiger partial charge in [0.05, 0.1) is 17.0 Å². The second-order valence-corrected chi connectivity index (χ2v) is 6.42. The number of aromatic amines is 1. The lowest BCUT2D eigenvalue weighted by molar-refractivity contribution is -0.121. The molecule has 1 fully saturated rings. The molecule has 0 aliphatic carbocycles. The van der Waals surface area contributed by atoms with Gasteiger partial charge in [-0.05, 0) is 37.1 Å². The van der Waals surface area contributed by atoms with Crippen LogP contribution in [0, 0.1) is 5.92 Å². The molecular weight excluding hydrogens is 330 g/mol. The number of H-pyrrole nitrogens is 1. The van der Waals surface area contributed by atoms with E-state index in [4.69, 9.17) is 0 Å². The third kappa shape index (κ3) is 3.28. The van der Waals surface area contributed by atoms with E-state index in [1.54, 1.807) is 29.4 Å². The van der Waals surface area contributed by atoms with E-state index < -0.39 is 0 Å². The standard InChI is InChI=1S/C19H19N5O2/c25-17(23-19-21-15-5-1-2-6-16(15)22-19)14-4-3-11-24(12-14)18(26)13-7-9-20-10-8-13/h1-2,5-10,14H,3-4,11-12H2,(H2,21,22,23,25)/t14-/m1/s1. The number of nitrogens with zero attached hydrogens (tertiary/aromatic N) is 3. The number of anilines is 1. The Morgan fingerprint density at radius 2 is 1.96 bits per heavy atom. The Bertz CT molecular complexity index is 904. The van der Waals surface area contributed by atoms with E-state index in [0.29, 0.717) is 24.6 Å². The van der Waals surface area contributed by atoms with E-state index in [2.05, 4.69) is 20.3 Å². The fourth-order valence-corrected chi connectivity index (χ4v) is 3.28. The smallest absolute Gasteiger partial charge is 0.253 e. The summed E-state index contributed by atoms with van der Waals surface area (Å²) in [4.78, 5) is 38.4. The maximum Gasteiger partial charge on any atom is 0.253 e. The number of aromatic nitrogens is 3. The summed E-state index contributed by atoms with van der Waals surface area (Å²) >= 11 is 0. The molecule has 1 saturated heterocycles. The molecule has 4 rings (SSSR count). The van der Waals surface area contributed by atoms with E-state index in [1.807, 2.05) is 24.3 Å². The van der Waals surface area contributed by atoms with Crippen molar-refractivity contribution in [3.8, 4) is 0 Å². The number of rotatable bonds is 3. The van der Waals surface area contributed by atoms with E-state index in [1.165, 1.54) is 0 Å². The minimum absolute atomic E-state index is 0.0614. The topological polar surface area (TPSA) is 91.0 Å². The zero-order valence-corrected chi connectivity index (χ0v) is 14.2. The van der Waals surface area contributed by atoms with Gasteiger partial charge in [-0.15, -0.1) is 0 Å². The summed E-state index contributed by atoms with van der Waals surface area (Å²) in [6, 6.07) is 11.0. The van der Waals surface area contributed by atoms with Gasteiger partial charge < -0.3 is 9.88 Å². The average Bonchev–Trinajstić information content (AvgIpc) is 3.10. The number of hydrogen-bond acceptors (Lipinski definition) is 4. The lowest BCUT2D eigenvalue weighted by Gasteiger charge is -2.31. The van der Waals surface area contributed by atoms with Gasteiger partial charge in [-0.25, -0.2) is 4.98 Å². The van der Waals surface area contributed by atoms with Crippen LogP contribution < -0.4 is 5.32 Å². The number of benzene rings is 1. The molecule has 1 aliphatic heterocycles. The minimum Gasteiger partial charge on any atom is -0.338 e. The SMILES string of the molecule is O=C(Nc1nc2ccccc2[nH]1)[C@@H]1CCCN(C(=O)c2ccncc2)C1. The number of piperidine rings is 1. The molecule has 3 heterocycles. The molecule has 26 heavy (non-hydrogen) atoms. The number of likely N-dealkylation sites (tertiary alicyclic amines) is 1. The summed E-state index contributed by atoms with van der Waals surface area (Å²) in [7, 11) is 0. The molecule has 0 unspecified atom stereocenters. The van der Waals surface area contributed by atoms with Gasteiger partial charge in [0.25, 0.3) is 5.91 Å². The van der Waals surface area contributed by atoms with Crippen LogP contribution in [-0.2, 0) is 4.79 Å². The first-order chi connectivity index (χ1) is 12.7. The first kappa shape index (κ1) is 16.3. The molecular formula is C19H19N5O2. The molecule has 0 spiro atoms. The Morgan fingerprint density at radius 3 is 2.77 bits per heavy atom.